The van der Waals surface area contributed by atoms with Gasteiger partial charge in [0.05, 0.1) is 11.6 Å². The van der Waals surface area contributed by atoms with Crippen LogP contribution in [0.3, 0.4) is 0 Å². The van der Waals surface area contributed by atoms with Crippen molar-refractivity contribution in [2.24, 2.45) is 0 Å². The minimum absolute atomic E-state index is 0.168. The van der Waals surface area contributed by atoms with E-state index in [4.69, 9.17) is 19.5 Å². The molecular formula is C23H17N3O4. The molecule has 0 saturated heterocycles. The molecule has 1 aromatic heterocycles. The van der Waals surface area contributed by atoms with E-state index in [2.05, 4.69) is 16.9 Å². The smallest absolute Gasteiger partial charge is 0.257 e. The van der Waals surface area contributed by atoms with Crippen molar-refractivity contribution in [2.75, 3.05) is 6.79 Å². The highest BCUT2D eigenvalue weighted by atomic mass is 16.7. The lowest BCUT2D eigenvalue weighted by Gasteiger charge is -2.11. The molecule has 1 aliphatic rings. The number of aromatic nitrogens is 1. The molecule has 148 valence electrons. The van der Waals surface area contributed by atoms with Crippen molar-refractivity contribution in [1.82, 2.24) is 10.3 Å². The maximum atomic E-state index is 12.7. The monoisotopic (exact) mass is 399 g/mol. The summed E-state index contributed by atoms with van der Waals surface area (Å²) in [6, 6.07) is 17.8. The minimum Gasteiger partial charge on any atom is -0.454 e. The van der Waals surface area contributed by atoms with Gasteiger partial charge in [-0.2, -0.15) is 5.26 Å². The van der Waals surface area contributed by atoms with Crippen molar-refractivity contribution >= 4 is 11.5 Å². The molecule has 7 heteroatoms. The number of carbonyl (C=O) groups excluding carboxylic acids is 1. The van der Waals surface area contributed by atoms with Crippen LogP contribution in [0.2, 0.25) is 0 Å². The molecule has 0 saturated carbocycles. The van der Waals surface area contributed by atoms with Crippen LogP contribution in [0.1, 0.15) is 21.5 Å². The van der Waals surface area contributed by atoms with Gasteiger partial charge in [0.2, 0.25) is 12.7 Å². The number of hydrogen-bond acceptors (Lipinski definition) is 6. The van der Waals surface area contributed by atoms with Crippen LogP contribution in [0.4, 0.5) is 0 Å². The lowest BCUT2D eigenvalue weighted by atomic mass is 10.1. The van der Waals surface area contributed by atoms with Gasteiger partial charge in [-0.1, -0.05) is 30.8 Å². The second kappa shape index (κ2) is 8.37. The van der Waals surface area contributed by atoms with Crippen molar-refractivity contribution in [2.45, 2.75) is 6.54 Å². The number of nitrogens with one attached hydrogen (secondary N) is 1. The van der Waals surface area contributed by atoms with Gasteiger partial charge in [-0.05, 0) is 35.4 Å². The predicted molar refractivity (Wildman–Crippen MR) is 109 cm³/mol. The fourth-order valence-electron chi connectivity index (χ4n) is 2.86. The lowest BCUT2D eigenvalue weighted by molar-refractivity contribution is 0.0948. The standard InChI is InChI=1S/C23H17N3O4/c1-15(12-24)17-6-4-16(5-7-17)13-26-22(27)19-3-2-10-25-23(19)30-18-8-9-20-21(11-18)29-14-28-20/h2-11H,1,13-14H2,(H,26,27). The molecule has 0 fully saturated rings. The van der Waals surface area contributed by atoms with Crippen molar-refractivity contribution in [1.29, 1.82) is 5.26 Å². The average molecular weight is 399 g/mol. The van der Waals surface area contributed by atoms with Crippen LogP contribution >= 0.6 is 0 Å². The Morgan fingerprint density at radius 1 is 1.17 bits per heavy atom. The van der Waals surface area contributed by atoms with Gasteiger partial charge in [-0.3, -0.25) is 4.79 Å². The Labute approximate surface area is 173 Å². The Kier molecular flexibility index (Phi) is 5.31. The predicted octanol–water partition coefficient (Wildman–Crippen LogP) is 4.07. The molecule has 1 aliphatic heterocycles. The number of nitrogens with zero attached hydrogens (tertiary/aromatic N) is 2. The number of fused-ring (bicyclic) bond motifs is 1. The summed E-state index contributed by atoms with van der Waals surface area (Å²) in [7, 11) is 0. The van der Waals surface area contributed by atoms with E-state index in [1.54, 1.807) is 48.7 Å². The normalized spacial score (nSPS) is 11.4. The first-order chi connectivity index (χ1) is 14.6. The molecule has 1 amide bonds. The zero-order valence-corrected chi connectivity index (χ0v) is 15.9. The Bertz CT molecular complexity index is 1150. The lowest BCUT2D eigenvalue weighted by Crippen LogP contribution is -2.23. The first-order valence-electron chi connectivity index (χ1n) is 9.13. The molecule has 0 unspecified atom stereocenters. The number of allylic oxidation sites excluding steroid dienone is 1. The summed E-state index contributed by atoms with van der Waals surface area (Å²) >= 11 is 0. The minimum atomic E-state index is -0.315. The van der Waals surface area contributed by atoms with Crippen LogP contribution < -0.4 is 19.5 Å². The molecule has 30 heavy (non-hydrogen) atoms. The van der Waals surface area contributed by atoms with E-state index in [-0.39, 0.29) is 18.6 Å². The van der Waals surface area contributed by atoms with Crippen LogP contribution in [0.25, 0.3) is 5.57 Å². The summed E-state index contributed by atoms with van der Waals surface area (Å²) in [5, 5.41) is 11.8. The Hall–Kier alpha value is -4.31. The topological polar surface area (TPSA) is 93.5 Å². The molecule has 2 heterocycles. The number of rotatable bonds is 6. The van der Waals surface area contributed by atoms with Crippen LogP contribution in [0.5, 0.6) is 23.1 Å². The number of hydrogen-bond donors (Lipinski definition) is 1. The molecule has 1 N–H and O–H groups in total. The highest BCUT2D eigenvalue weighted by Gasteiger charge is 2.17. The summed E-state index contributed by atoms with van der Waals surface area (Å²) < 4.78 is 16.4. The third kappa shape index (κ3) is 4.08. The molecule has 0 spiro atoms. The third-order valence-electron chi connectivity index (χ3n) is 4.46. The zero-order valence-electron chi connectivity index (χ0n) is 15.9. The van der Waals surface area contributed by atoms with Crippen molar-refractivity contribution < 1.29 is 19.0 Å². The summed E-state index contributed by atoms with van der Waals surface area (Å²) in [5.41, 5.74) is 2.34. The Balaban J connectivity index is 1.44. The number of ether oxygens (including phenoxy) is 3. The first-order valence-corrected chi connectivity index (χ1v) is 9.13. The highest BCUT2D eigenvalue weighted by molar-refractivity contribution is 5.96. The fraction of sp³-hybridized carbons (Fsp3) is 0.0870. The maximum Gasteiger partial charge on any atom is 0.257 e. The van der Waals surface area contributed by atoms with Gasteiger partial charge in [0.25, 0.3) is 5.91 Å². The first kappa shape index (κ1) is 19.0. The van der Waals surface area contributed by atoms with Crippen molar-refractivity contribution in [3.8, 4) is 29.2 Å². The fourth-order valence-corrected chi connectivity index (χ4v) is 2.86. The van der Waals surface area contributed by atoms with E-state index in [0.717, 1.165) is 11.1 Å². The van der Waals surface area contributed by atoms with Crippen LogP contribution in [0, 0.1) is 11.3 Å². The third-order valence-corrected chi connectivity index (χ3v) is 4.46. The van der Waals surface area contributed by atoms with E-state index in [9.17, 15) is 4.79 Å². The van der Waals surface area contributed by atoms with Gasteiger partial charge in [0.1, 0.15) is 11.3 Å². The molecule has 0 radical (unpaired) electrons. The average Bonchev–Trinajstić information content (AvgIpc) is 3.25. The van der Waals surface area contributed by atoms with E-state index in [1.165, 1.54) is 0 Å². The molecule has 3 aromatic rings. The van der Waals surface area contributed by atoms with E-state index < -0.39 is 0 Å². The van der Waals surface area contributed by atoms with Gasteiger partial charge in [0.15, 0.2) is 11.5 Å². The van der Waals surface area contributed by atoms with Gasteiger partial charge in [-0.25, -0.2) is 4.98 Å². The SMILES string of the molecule is C=C(C#N)c1ccc(CNC(=O)c2cccnc2Oc2ccc3c(c2)OCO3)cc1. The Morgan fingerprint density at radius 2 is 1.97 bits per heavy atom. The van der Waals surface area contributed by atoms with E-state index in [1.807, 2.05) is 18.2 Å². The van der Waals surface area contributed by atoms with Crippen LogP contribution in [-0.2, 0) is 6.54 Å². The maximum absolute atomic E-state index is 12.7. The molecule has 7 nitrogen and oxygen atoms in total. The van der Waals surface area contributed by atoms with Gasteiger partial charge in [-0.15, -0.1) is 0 Å². The molecular weight excluding hydrogens is 382 g/mol. The summed E-state index contributed by atoms with van der Waals surface area (Å²) in [4.78, 5) is 16.9. The van der Waals surface area contributed by atoms with Gasteiger partial charge >= 0.3 is 0 Å². The summed E-state index contributed by atoms with van der Waals surface area (Å²) in [6.07, 6.45) is 1.56. The summed E-state index contributed by atoms with van der Waals surface area (Å²) in [6.45, 7) is 4.17. The van der Waals surface area contributed by atoms with E-state index in [0.29, 0.717) is 34.9 Å². The molecule has 0 atom stereocenters. The molecule has 2 aromatic carbocycles. The largest absolute Gasteiger partial charge is 0.454 e. The van der Waals surface area contributed by atoms with E-state index >= 15 is 0 Å². The highest BCUT2D eigenvalue weighted by Crippen LogP contribution is 2.36. The Morgan fingerprint density at radius 3 is 2.77 bits per heavy atom. The second-order valence-electron chi connectivity index (χ2n) is 6.44. The summed E-state index contributed by atoms with van der Waals surface area (Å²) in [5.74, 6) is 1.59. The zero-order chi connectivity index (χ0) is 20.9. The number of carbonyl (C=O) groups is 1. The number of nitriles is 1. The number of benzene rings is 2. The van der Waals surface area contributed by atoms with Crippen molar-refractivity contribution in [3.05, 3.63) is 84.1 Å². The molecule has 0 aliphatic carbocycles. The van der Waals surface area contributed by atoms with Crippen LogP contribution in [-0.4, -0.2) is 17.7 Å². The van der Waals surface area contributed by atoms with Gasteiger partial charge < -0.3 is 19.5 Å². The quantitative estimate of drug-likeness (QED) is 0.628. The molecule has 4 rings (SSSR count). The van der Waals surface area contributed by atoms with Gasteiger partial charge in [0, 0.05) is 18.8 Å². The number of pyridine rings is 1. The van der Waals surface area contributed by atoms with Crippen molar-refractivity contribution in [3.63, 3.8) is 0 Å². The van der Waals surface area contributed by atoms with Crippen LogP contribution in [0.15, 0.2) is 67.4 Å². The molecule has 0 bridgehead atoms. The second-order valence-corrected chi connectivity index (χ2v) is 6.44. The number of amides is 1.